The first-order chi connectivity index (χ1) is 13.7. The highest BCUT2D eigenvalue weighted by Crippen LogP contribution is 2.40. The molecule has 1 heterocycles. The number of hydrogen-bond donors (Lipinski definition) is 1. The molecule has 1 N–H and O–H groups in total. The molecule has 1 aliphatic rings. The number of nitrogens with zero attached hydrogens (tertiary/aromatic N) is 1. The Morgan fingerprint density at radius 1 is 0.964 bits per heavy atom. The monoisotopic (exact) mass is 374 g/mol. The number of ether oxygens (including phenoxy) is 1. The molecule has 3 aromatic rings. The molecule has 0 saturated heterocycles. The van der Waals surface area contributed by atoms with E-state index < -0.39 is 5.97 Å². The Morgan fingerprint density at radius 3 is 2.29 bits per heavy atom. The van der Waals surface area contributed by atoms with E-state index in [4.69, 9.17) is 4.74 Å². The fourth-order valence-corrected chi connectivity index (χ4v) is 3.27. The van der Waals surface area contributed by atoms with Crippen molar-refractivity contribution in [2.45, 2.75) is 18.9 Å². The molecule has 1 atom stereocenters. The SMILES string of the molecule is O=C(COC(=O)c1ccc(-n2cccc2)cc1)NC(c1ccccc1)C1CC1. The van der Waals surface area contributed by atoms with E-state index in [-0.39, 0.29) is 18.6 Å². The maximum Gasteiger partial charge on any atom is 0.338 e. The van der Waals surface area contributed by atoms with Crippen LogP contribution in [-0.4, -0.2) is 23.1 Å². The summed E-state index contributed by atoms with van der Waals surface area (Å²) in [5, 5.41) is 3.01. The number of aromatic nitrogens is 1. The van der Waals surface area contributed by atoms with Crippen LogP contribution in [0.15, 0.2) is 79.1 Å². The number of carbonyl (C=O) groups excluding carboxylic acids is 2. The molecule has 1 saturated carbocycles. The van der Waals surface area contributed by atoms with Gasteiger partial charge in [0.25, 0.3) is 5.91 Å². The molecule has 5 heteroatoms. The smallest absolute Gasteiger partial charge is 0.338 e. The van der Waals surface area contributed by atoms with Gasteiger partial charge < -0.3 is 14.6 Å². The molecule has 1 aromatic heterocycles. The predicted molar refractivity (Wildman–Crippen MR) is 106 cm³/mol. The number of nitrogens with one attached hydrogen (secondary N) is 1. The standard InChI is InChI=1S/C23H22N2O3/c26-21(24-22(18-8-9-18)17-6-2-1-3-7-17)16-28-23(27)19-10-12-20(13-11-19)25-14-4-5-15-25/h1-7,10-15,18,22H,8-9,16H2,(H,24,26). The summed E-state index contributed by atoms with van der Waals surface area (Å²) in [4.78, 5) is 24.6. The molecule has 2 aromatic carbocycles. The van der Waals surface area contributed by atoms with Gasteiger partial charge >= 0.3 is 5.97 Å². The second kappa shape index (κ2) is 8.13. The topological polar surface area (TPSA) is 60.3 Å². The summed E-state index contributed by atoms with van der Waals surface area (Å²) in [7, 11) is 0. The maximum atomic E-state index is 12.3. The van der Waals surface area contributed by atoms with E-state index >= 15 is 0 Å². The summed E-state index contributed by atoms with van der Waals surface area (Å²) in [5.41, 5.74) is 2.46. The van der Waals surface area contributed by atoms with Gasteiger partial charge in [-0.05, 0) is 60.7 Å². The molecule has 1 amide bonds. The first-order valence-corrected chi connectivity index (χ1v) is 9.45. The average molecular weight is 374 g/mol. The average Bonchev–Trinajstić information content (AvgIpc) is 3.43. The zero-order valence-corrected chi connectivity index (χ0v) is 15.5. The maximum absolute atomic E-state index is 12.3. The van der Waals surface area contributed by atoms with Crippen molar-refractivity contribution in [2.24, 2.45) is 5.92 Å². The van der Waals surface area contributed by atoms with Crippen molar-refractivity contribution in [1.29, 1.82) is 0 Å². The van der Waals surface area contributed by atoms with Gasteiger partial charge in [0.05, 0.1) is 11.6 Å². The molecular formula is C23H22N2O3. The Kier molecular flexibility index (Phi) is 5.24. The van der Waals surface area contributed by atoms with E-state index in [0.717, 1.165) is 24.1 Å². The number of esters is 1. The van der Waals surface area contributed by atoms with Gasteiger partial charge in [0, 0.05) is 18.1 Å². The Balaban J connectivity index is 1.32. The normalized spacial score (nSPS) is 14.3. The largest absolute Gasteiger partial charge is 0.452 e. The first kappa shape index (κ1) is 18.0. The second-order valence-electron chi connectivity index (χ2n) is 7.01. The number of hydrogen-bond acceptors (Lipinski definition) is 3. The molecule has 0 aliphatic heterocycles. The summed E-state index contributed by atoms with van der Waals surface area (Å²) in [5.74, 6) is -0.321. The minimum Gasteiger partial charge on any atom is -0.452 e. The van der Waals surface area contributed by atoms with Crippen molar-refractivity contribution in [3.05, 3.63) is 90.3 Å². The van der Waals surface area contributed by atoms with Gasteiger partial charge in [-0.2, -0.15) is 0 Å². The second-order valence-corrected chi connectivity index (χ2v) is 7.01. The van der Waals surface area contributed by atoms with Crippen LogP contribution >= 0.6 is 0 Å². The first-order valence-electron chi connectivity index (χ1n) is 9.45. The lowest BCUT2D eigenvalue weighted by Crippen LogP contribution is -2.33. The van der Waals surface area contributed by atoms with Crippen LogP contribution in [0.3, 0.4) is 0 Å². The fourth-order valence-electron chi connectivity index (χ4n) is 3.27. The molecule has 1 fully saturated rings. The quantitative estimate of drug-likeness (QED) is 0.638. The zero-order chi connectivity index (χ0) is 19.3. The van der Waals surface area contributed by atoms with Crippen LogP contribution in [0.25, 0.3) is 5.69 Å². The van der Waals surface area contributed by atoms with Crippen molar-refractivity contribution in [3.8, 4) is 5.69 Å². The van der Waals surface area contributed by atoms with Gasteiger partial charge in [-0.3, -0.25) is 4.79 Å². The molecule has 0 radical (unpaired) electrons. The van der Waals surface area contributed by atoms with E-state index in [2.05, 4.69) is 5.32 Å². The highest BCUT2D eigenvalue weighted by molar-refractivity contribution is 5.91. The number of benzene rings is 2. The Hall–Kier alpha value is -3.34. The summed E-state index contributed by atoms with van der Waals surface area (Å²) in [6.45, 7) is -0.283. The zero-order valence-electron chi connectivity index (χ0n) is 15.5. The molecule has 1 unspecified atom stereocenters. The molecule has 28 heavy (non-hydrogen) atoms. The van der Waals surface area contributed by atoms with Crippen LogP contribution in [0, 0.1) is 5.92 Å². The molecule has 1 aliphatic carbocycles. The van der Waals surface area contributed by atoms with Crippen LogP contribution in [0.2, 0.25) is 0 Å². The van der Waals surface area contributed by atoms with Crippen molar-refractivity contribution >= 4 is 11.9 Å². The Bertz CT molecular complexity index is 930. The number of rotatable bonds is 7. The summed E-state index contributed by atoms with van der Waals surface area (Å²) < 4.78 is 7.15. The third kappa shape index (κ3) is 4.31. The van der Waals surface area contributed by atoms with Crippen molar-refractivity contribution in [1.82, 2.24) is 9.88 Å². The Labute approximate surface area is 163 Å². The summed E-state index contributed by atoms with van der Waals surface area (Å²) >= 11 is 0. The fraction of sp³-hybridized carbons (Fsp3) is 0.217. The third-order valence-corrected chi connectivity index (χ3v) is 4.91. The van der Waals surface area contributed by atoms with E-state index in [9.17, 15) is 9.59 Å². The lowest BCUT2D eigenvalue weighted by Gasteiger charge is -2.18. The highest BCUT2D eigenvalue weighted by atomic mass is 16.5. The van der Waals surface area contributed by atoms with Gasteiger partial charge in [0.15, 0.2) is 6.61 Å². The summed E-state index contributed by atoms with van der Waals surface area (Å²) in [6, 6.07) is 20.9. The van der Waals surface area contributed by atoms with Gasteiger partial charge in [-0.25, -0.2) is 4.79 Å². The lowest BCUT2D eigenvalue weighted by molar-refractivity contribution is -0.125. The Morgan fingerprint density at radius 2 is 1.64 bits per heavy atom. The number of carbonyl (C=O) groups is 2. The van der Waals surface area contributed by atoms with Crippen LogP contribution < -0.4 is 5.32 Å². The molecular weight excluding hydrogens is 352 g/mol. The van der Waals surface area contributed by atoms with E-state index in [1.165, 1.54) is 0 Å². The van der Waals surface area contributed by atoms with Crippen LogP contribution in [0.5, 0.6) is 0 Å². The van der Waals surface area contributed by atoms with E-state index in [1.54, 1.807) is 12.1 Å². The highest BCUT2D eigenvalue weighted by Gasteiger charge is 2.33. The molecule has 0 spiro atoms. The number of amides is 1. The van der Waals surface area contributed by atoms with E-state index in [0.29, 0.717) is 11.5 Å². The molecule has 0 bridgehead atoms. The van der Waals surface area contributed by atoms with Gasteiger partial charge in [-0.1, -0.05) is 30.3 Å². The van der Waals surface area contributed by atoms with Crippen LogP contribution in [0.4, 0.5) is 0 Å². The van der Waals surface area contributed by atoms with Crippen molar-refractivity contribution in [2.75, 3.05) is 6.61 Å². The van der Waals surface area contributed by atoms with Crippen LogP contribution in [0.1, 0.15) is 34.8 Å². The minimum absolute atomic E-state index is 0.0201. The minimum atomic E-state index is -0.503. The van der Waals surface area contributed by atoms with Crippen molar-refractivity contribution < 1.29 is 14.3 Å². The lowest BCUT2D eigenvalue weighted by atomic mass is 10.0. The predicted octanol–water partition coefficient (Wildman–Crippen LogP) is 3.90. The van der Waals surface area contributed by atoms with Gasteiger partial charge in [0.1, 0.15) is 0 Å². The van der Waals surface area contributed by atoms with Crippen LogP contribution in [-0.2, 0) is 9.53 Å². The summed E-state index contributed by atoms with van der Waals surface area (Å²) in [6.07, 6.45) is 6.07. The molecule has 142 valence electrons. The van der Waals surface area contributed by atoms with Gasteiger partial charge in [-0.15, -0.1) is 0 Å². The van der Waals surface area contributed by atoms with Gasteiger partial charge in [0.2, 0.25) is 0 Å². The third-order valence-electron chi connectivity index (χ3n) is 4.91. The molecule has 4 rings (SSSR count). The van der Waals surface area contributed by atoms with E-state index in [1.807, 2.05) is 71.6 Å². The molecule has 5 nitrogen and oxygen atoms in total. The van der Waals surface area contributed by atoms with Crippen molar-refractivity contribution in [3.63, 3.8) is 0 Å².